The van der Waals surface area contributed by atoms with Crippen molar-refractivity contribution in [1.29, 1.82) is 0 Å². The van der Waals surface area contributed by atoms with Crippen LogP contribution in [-0.2, 0) is 30.7 Å². The lowest BCUT2D eigenvalue weighted by molar-refractivity contribution is -0.123. The first kappa shape index (κ1) is 28.1. The topological polar surface area (TPSA) is 77.6 Å². The third-order valence-corrected chi connectivity index (χ3v) is 8.39. The number of carbonyl (C=O) groups is 1. The number of aromatic nitrogens is 5. The highest BCUT2D eigenvalue weighted by Crippen LogP contribution is 2.68. The number of carbonyl (C=O) groups excluding carboxylic acids is 1. The van der Waals surface area contributed by atoms with E-state index in [2.05, 4.69) is 20.5 Å². The van der Waals surface area contributed by atoms with Gasteiger partial charge in [0.15, 0.2) is 0 Å². The van der Waals surface area contributed by atoms with Gasteiger partial charge in [0.1, 0.15) is 29.6 Å². The third kappa shape index (κ3) is 4.70. The Labute approximate surface area is 246 Å². The Hall–Kier alpha value is -4.68. The third-order valence-electron chi connectivity index (χ3n) is 8.39. The zero-order valence-corrected chi connectivity index (χ0v) is 23.1. The van der Waals surface area contributed by atoms with Crippen LogP contribution in [0.15, 0.2) is 60.9 Å². The van der Waals surface area contributed by atoms with Gasteiger partial charge in [-0.15, -0.1) is 0 Å². The second-order valence-corrected chi connectivity index (χ2v) is 11.3. The molecule has 3 atom stereocenters. The molecule has 5 aromatic rings. The number of halogens is 6. The number of benzene rings is 2. The summed E-state index contributed by atoms with van der Waals surface area (Å²) in [7, 11) is 1.79. The molecule has 1 fully saturated rings. The van der Waals surface area contributed by atoms with Crippen LogP contribution in [0.2, 0.25) is 0 Å². The zero-order valence-electron chi connectivity index (χ0n) is 23.1. The smallest absolute Gasteiger partial charge is 0.293 e. The first-order valence-corrected chi connectivity index (χ1v) is 13.9. The van der Waals surface area contributed by atoms with Crippen molar-refractivity contribution in [3.63, 3.8) is 0 Å². The highest BCUT2D eigenvalue weighted by molar-refractivity contribution is 5.85. The van der Waals surface area contributed by atoms with Gasteiger partial charge >= 0.3 is 0 Å². The van der Waals surface area contributed by atoms with Crippen molar-refractivity contribution in [2.24, 2.45) is 13.0 Å². The van der Waals surface area contributed by atoms with E-state index in [9.17, 15) is 22.4 Å². The number of alkyl halides is 4. The number of nitrogens with one attached hydrogen (secondary N) is 1. The number of aryl methyl sites for hydroxylation is 1. The van der Waals surface area contributed by atoms with E-state index in [1.54, 1.807) is 30.1 Å². The van der Waals surface area contributed by atoms with Crippen molar-refractivity contribution < 1.29 is 31.1 Å². The van der Waals surface area contributed by atoms with Crippen molar-refractivity contribution in [2.75, 3.05) is 0 Å². The average Bonchev–Trinajstić information content (AvgIpc) is 3.48. The molecule has 44 heavy (non-hydrogen) atoms. The molecule has 0 radical (unpaired) electrons. The molecule has 0 aliphatic heterocycles. The van der Waals surface area contributed by atoms with E-state index < -0.39 is 65.7 Å². The number of nitrogens with zero attached hydrogens (tertiary/aromatic N) is 5. The largest absolute Gasteiger partial charge is 0.346 e. The molecule has 2 unspecified atom stereocenters. The fourth-order valence-electron chi connectivity index (χ4n) is 6.38. The lowest BCUT2D eigenvalue weighted by atomic mass is 9.95. The predicted molar refractivity (Wildman–Crippen MR) is 147 cm³/mol. The molecule has 3 aromatic heterocycles. The van der Waals surface area contributed by atoms with Crippen LogP contribution in [0.4, 0.5) is 26.3 Å². The fraction of sp³-hybridized carbons (Fsp3) is 0.290. The first-order valence-electron chi connectivity index (χ1n) is 13.9. The summed E-state index contributed by atoms with van der Waals surface area (Å²) in [6.45, 7) is -0.763. The highest BCUT2D eigenvalue weighted by atomic mass is 19.3. The fourth-order valence-corrected chi connectivity index (χ4v) is 6.38. The summed E-state index contributed by atoms with van der Waals surface area (Å²) in [4.78, 5) is 17.9. The minimum Gasteiger partial charge on any atom is -0.346 e. The Balaban J connectivity index is 1.26. The number of hydrogen-bond acceptors (Lipinski definition) is 4. The van der Waals surface area contributed by atoms with Crippen molar-refractivity contribution >= 4 is 16.8 Å². The summed E-state index contributed by atoms with van der Waals surface area (Å²) in [5, 5.41) is 11.6. The molecule has 0 saturated heterocycles. The van der Waals surface area contributed by atoms with Crippen LogP contribution in [0.3, 0.4) is 0 Å². The second kappa shape index (κ2) is 10.2. The van der Waals surface area contributed by atoms with Gasteiger partial charge in [-0.1, -0.05) is 18.2 Å². The van der Waals surface area contributed by atoms with Crippen LogP contribution >= 0.6 is 0 Å². The number of pyridine rings is 1. The molecular formula is C31H24F6N6O. The van der Waals surface area contributed by atoms with E-state index in [-0.39, 0.29) is 24.0 Å². The molecular weight excluding hydrogens is 586 g/mol. The molecule has 1 saturated carbocycles. The minimum atomic E-state index is -3.39. The molecule has 226 valence electrons. The maximum absolute atomic E-state index is 15.1. The van der Waals surface area contributed by atoms with Gasteiger partial charge < -0.3 is 5.32 Å². The lowest BCUT2D eigenvalue weighted by Crippen LogP contribution is -2.35. The zero-order chi connectivity index (χ0) is 30.9. The summed E-state index contributed by atoms with van der Waals surface area (Å²) in [5.74, 6) is -7.62. The van der Waals surface area contributed by atoms with Crippen LogP contribution < -0.4 is 5.32 Å². The summed E-state index contributed by atoms with van der Waals surface area (Å²) < 4.78 is 88.3. The molecule has 7 rings (SSSR count). The summed E-state index contributed by atoms with van der Waals surface area (Å²) in [6.07, 6.45) is 0.111. The Morgan fingerprint density at radius 3 is 2.61 bits per heavy atom. The molecule has 3 heterocycles. The van der Waals surface area contributed by atoms with Crippen LogP contribution in [-0.4, -0.2) is 30.5 Å². The van der Waals surface area contributed by atoms with E-state index in [1.165, 1.54) is 6.20 Å². The van der Waals surface area contributed by atoms with Crippen LogP contribution in [0, 0.1) is 17.6 Å². The van der Waals surface area contributed by atoms with Gasteiger partial charge in [-0.05, 0) is 54.2 Å². The SMILES string of the molecule is Cn1ncc2ccc(-c3cccnc3[C@H](Cc3cc(F)cc(F)c3)NC(=O)Cn3nc(C(F)F)c4c3C(F)(F)C3CC43)cc21. The van der Waals surface area contributed by atoms with Crippen LogP contribution in [0.1, 0.15) is 53.0 Å². The number of hydrogen-bond donors (Lipinski definition) is 1. The molecule has 2 aliphatic rings. The van der Waals surface area contributed by atoms with E-state index in [4.69, 9.17) is 0 Å². The molecule has 2 aromatic carbocycles. The monoisotopic (exact) mass is 610 g/mol. The molecule has 1 amide bonds. The molecule has 0 spiro atoms. The summed E-state index contributed by atoms with van der Waals surface area (Å²) >= 11 is 0. The number of amides is 1. The van der Waals surface area contributed by atoms with Gasteiger partial charge in [0.05, 0.1) is 23.4 Å². The van der Waals surface area contributed by atoms with Crippen LogP contribution in [0.25, 0.3) is 22.0 Å². The summed E-state index contributed by atoms with van der Waals surface area (Å²) in [5.41, 5.74) is 1.13. The molecule has 2 aliphatic carbocycles. The Morgan fingerprint density at radius 2 is 1.86 bits per heavy atom. The highest BCUT2D eigenvalue weighted by Gasteiger charge is 2.67. The normalized spacial score (nSPS) is 18.8. The van der Waals surface area contributed by atoms with Gasteiger partial charge in [0.2, 0.25) is 5.91 Å². The predicted octanol–water partition coefficient (Wildman–Crippen LogP) is 6.36. The lowest BCUT2D eigenvalue weighted by Gasteiger charge is -2.22. The number of fused-ring (bicyclic) bond motifs is 4. The van der Waals surface area contributed by atoms with Gasteiger partial charge in [-0.2, -0.15) is 19.0 Å². The minimum absolute atomic E-state index is 0.0942. The van der Waals surface area contributed by atoms with Crippen molar-refractivity contribution in [1.82, 2.24) is 29.9 Å². The average molecular weight is 611 g/mol. The van der Waals surface area contributed by atoms with Gasteiger partial charge in [-0.3, -0.25) is 19.1 Å². The Bertz CT molecular complexity index is 1910. The van der Waals surface area contributed by atoms with Gasteiger partial charge in [0, 0.05) is 41.7 Å². The van der Waals surface area contributed by atoms with E-state index in [1.807, 2.05) is 18.2 Å². The van der Waals surface area contributed by atoms with Crippen molar-refractivity contribution in [3.8, 4) is 11.1 Å². The first-order chi connectivity index (χ1) is 21.0. The Morgan fingerprint density at radius 1 is 1.09 bits per heavy atom. The van der Waals surface area contributed by atoms with E-state index in [0.29, 0.717) is 15.9 Å². The molecule has 0 bridgehead atoms. The van der Waals surface area contributed by atoms with Gasteiger partial charge in [0.25, 0.3) is 12.3 Å². The molecule has 13 heteroatoms. The quantitative estimate of drug-likeness (QED) is 0.208. The van der Waals surface area contributed by atoms with Crippen LogP contribution in [0.5, 0.6) is 0 Å². The van der Waals surface area contributed by atoms with Crippen molar-refractivity contribution in [3.05, 3.63) is 101 Å². The maximum atomic E-state index is 15.1. The molecule has 7 nitrogen and oxygen atoms in total. The number of rotatable bonds is 8. The van der Waals surface area contributed by atoms with Crippen molar-refractivity contribution in [2.45, 2.75) is 43.7 Å². The van der Waals surface area contributed by atoms with Gasteiger partial charge in [-0.25, -0.2) is 17.6 Å². The summed E-state index contributed by atoms with van der Waals surface area (Å²) in [6, 6.07) is 11.0. The molecule has 1 N–H and O–H groups in total. The maximum Gasteiger partial charge on any atom is 0.293 e. The standard InChI is InChI=1S/C31H24F6N6O/c1-42-24-10-16(4-5-17(24)13-39-42)20-3-2-6-38-27(20)23(9-15-7-18(32)11-19(33)8-15)40-25(44)14-43-29-26(28(41-43)30(34)35)21-12-22(21)31(29,36)37/h2-8,10-11,13,21-23,30H,9,12,14H2,1H3,(H,40,44)/t21?,22?,23-/m0/s1. The Kier molecular flexibility index (Phi) is 6.52. The van der Waals surface area contributed by atoms with E-state index in [0.717, 1.165) is 34.7 Å². The van der Waals surface area contributed by atoms with E-state index >= 15 is 8.78 Å². The second-order valence-electron chi connectivity index (χ2n) is 11.3.